The van der Waals surface area contributed by atoms with Crippen LogP contribution in [0.3, 0.4) is 0 Å². The van der Waals surface area contributed by atoms with Gasteiger partial charge in [-0.25, -0.2) is 4.98 Å². The van der Waals surface area contributed by atoms with Crippen molar-refractivity contribution >= 4 is 39.6 Å². The van der Waals surface area contributed by atoms with E-state index in [4.69, 9.17) is 4.99 Å². The number of hydrogen-bond acceptors (Lipinski definition) is 6. The van der Waals surface area contributed by atoms with Crippen LogP contribution in [0.1, 0.15) is 22.2 Å². The average Bonchev–Trinajstić information content (AvgIpc) is 3.23. The van der Waals surface area contributed by atoms with Crippen molar-refractivity contribution in [3.05, 3.63) is 89.9 Å². The third-order valence-electron chi connectivity index (χ3n) is 5.28. The number of aliphatic imine (C=N–C) groups is 1. The van der Waals surface area contributed by atoms with E-state index in [1.54, 1.807) is 11.8 Å². The molecule has 1 atom stereocenters. The summed E-state index contributed by atoms with van der Waals surface area (Å²) < 4.78 is 0. The van der Waals surface area contributed by atoms with Crippen LogP contribution in [0.15, 0.2) is 83.1 Å². The molecule has 2 aliphatic heterocycles. The Kier molecular flexibility index (Phi) is 3.77. The lowest BCUT2D eigenvalue weighted by Crippen LogP contribution is -2.17. The average molecular weight is 395 g/mol. The Labute approximate surface area is 172 Å². The molecule has 2 N–H and O–H groups in total. The Hall–Kier alpha value is -3.38. The van der Waals surface area contributed by atoms with Gasteiger partial charge in [0.25, 0.3) is 0 Å². The highest BCUT2D eigenvalue weighted by Gasteiger charge is 2.26. The van der Waals surface area contributed by atoms with Crippen molar-refractivity contribution < 1.29 is 0 Å². The first kappa shape index (κ1) is 16.6. The van der Waals surface area contributed by atoms with E-state index in [9.17, 15) is 0 Å². The third-order valence-corrected chi connectivity index (χ3v) is 6.43. The van der Waals surface area contributed by atoms with E-state index < -0.39 is 0 Å². The maximum absolute atomic E-state index is 4.84. The van der Waals surface area contributed by atoms with E-state index >= 15 is 0 Å². The molecule has 1 unspecified atom stereocenters. The van der Waals surface area contributed by atoms with Gasteiger partial charge in [-0.05, 0) is 41.1 Å². The number of fused-ring (bicyclic) bond motifs is 4. The highest BCUT2D eigenvalue weighted by Crippen LogP contribution is 2.44. The summed E-state index contributed by atoms with van der Waals surface area (Å²) in [5.74, 6) is 0. The summed E-state index contributed by atoms with van der Waals surface area (Å²) in [5, 5.41) is 10.4. The Morgan fingerprint density at radius 2 is 1.86 bits per heavy atom. The van der Waals surface area contributed by atoms with Crippen molar-refractivity contribution in [2.45, 2.75) is 10.4 Å². The molecule has 2 aliphatic rings. The number of aromatic nitrogens is 2. The van der Waals surface area contributed by atoms with Crippen LogP contribution >= 0.6 is 11.8 Å². The van der Waals surface area contributed by atoms with Crippen LogP contribution in [0.2, 0.25) is 0 Å². The first-order valence-corrected chi connectivity index (χ1v) is 10.4. The van der Waals surface area contributed by atoms with E-state index in [0.29, 0.717) is 6.67 Å². The molecule has 140 valence electrons. The molecule has 4 aromatic rings. The molecule has 0 amide bonds. The first-order chi connectivity index (χ1) is 14.4. The van der Waals surface area contributed by atoms with Gasteiger partial charge in [0.15, 0.2) is 0 Å². The second-order valence-electron chi connectivity index (χ2n) is 7.02. The highest BCUT2D eigenvalue weighted by molar-refractivity contribution is 8.00. The van der Waals surface area contributed by atoms with Crippen molar-refractivity contribution in [3.8, 4) is 0 Å². The summed E-state index contributed by atoms with van der Waals surface area (Å²) in [7, 11) is 0. The Bertz CT molecular complexity index is 1260. The van der Waals surface area contributed by atoms with Gasteiger partial charge in [-0.15, -0.1) is 0 Å². The van der Waals surface area contributed by atoms with Gasteiger partial charge >= 0.3 is 0 Å². The van der Waals surface area contributed by atoms with Gasteiger partial charge in [-0.3, -0.25) is 9.98 Å². The summed E-state index contributed by atoms with van der Waals surface area (Å²) in [6.07, 6.45) is 3.70. The molecule has 2 aromatic heterocycles. The van der Waals surface area contributed by atoms with Gasteiger partial charge in [-0.2, -0.15) is 0 Å². The second kappa shape index (κ2) is 6.60. The zero-order valence-corrected chi connectivity index (χ0v) is 16.3. The summed E-state index contributed by atoms with van der Waals surface area (Å²) in [6, 6.07) is 21.0. The maximum Gasteiger partial charge on any atom is 0.122 e. The molecule has 0 bridgehead atoms. The molecule has 0 radical (unpaired) electrons. The lowest BCUT2D eigenvalue weighted by Gasteiger charge is -2.21. The topological polar surface area (TPSA) is 62.2 Å². The summed E-state index contributed by atoms with van der Waals surface area (Å²) >= 11 is 1.70. The molecule has 6 heteroatoms. The van der Waals surface area contributed by atoms with Gasteiger partial charge in [-0.1, -0.05) is 42.1 Å². The van der Waals surface area contributed by atoms with Crippen LogP contribution in [-0.2, 0) is 0 Å². The van der Waals surface area contributed by atoms with Crippen LogP contribution < -0.4 is 10.6 Å². The molecule has 29 heavy (non-hydrogen) atoms. The predicted octanol–water partition coefficient (Wildman–Crippen LogP) is 5.07. The molecule has 0 aliphatic carbocycles. The van der Waals surface area contributed by atoms with Crippen LogP contribution in [0.5, 0.6) is 0 Å². The van der Waals surface area contributed by atoms with Crippen LogP contribution in [0, 0.1) is 0 Å². The number of hydrogen-bond donors (Lipinski definition) is 2. The Morgan fingerprint density at radius 1 is 0.897 bits per heavy atom. The largest absolute Gasteiger partial charge is 0.366 e. The SMILES string of the molecule is c1cnc2c(c1)NC(c1cc(C3=NCNc4ccc5ccccc5c43)ccn1)S2. The normalized spacial score (nSPS) is 17.1. The molecule has 4 heterocycles. The standard InChI is InChI=1S/C23H17N5S/c1-2-5-16-14(4-1)7-8-17-20(16)21(27-13-26-17)15-9-11-24-19(12-15)23-28-18-6-3-10-25-22(18)29-23/h1-12,23,26,28H,13H2. The lowest BCUT2D eigenvalue weighted by molar-refractivity contribution is 1.03. The monoisotopic (exact) mass is 395 g/mol. The number of anilines is 2. The summed E-state index contributed by atoms with van der Waals surface area (Å²) in [4.78, 5) is 13.9. The maximum atomic E-state index is 4.84. The van der Waals surface area contributed by atoms with Gasteiger partial charge in [0, 0.05) is 29.2 Å². The predicted molar refractivity (Wildman–Crippen MR) is 119 cm³/mol. The van der Waals surface area contributed by atoms with Crippen LogP contribution in [0.4, 0.5) is 11.4 Å². The van der Waals surface area contributed by atoms with Gasteiger partial charge in [0.2, 0.25) is 0 Å². The van der Waals surface area contributed by atoms with Crippen molar-refractivity contribution in [3.63, 3.8) is 0 Å². The van der Waals surface area contributed by atoms with Gasteiger partial charge in [0.05, 0.1) is 17.1 Å². The van der Waals surface area contributed by atoms with E-state index in [1.807, 2.05) is 24.5 Å². The molecule has 2 aromatic carbocycles. The fraction of sp³-hybridized carbons (Fsp3) is 0.0870. The summed E-state index contributed by atoms with van der Waals surface area (Å²) in [6.45, 7) is 0.574. The number of pyridine rings is 2. The minimum absolute atomic E-state index is 0.0501. The smallest absolute Gasteiger partial charge is 0.122 e. The van der Waals surface area contributed by atoms with Crippen LogP contribution in [-0.4, -0.2) is 22.3 Å². The molecule has 0 fully saturated rings. The van der Waals surface area contributed by atoms with E-state index in [1.165, 1.54) is 10.8 Å². The van der Waals surface area contributed by atoms with Crippen molar-refractivity contribution in [2.75, 3.05) is 17.3 Å². The van der Waals surface area contributed by atoms with Crippen molar-refractivity contribution in [2.24, 2.45) is 4.99 Å². The number of nitrogens with one attached hydrogen (secondary N) is 2. The second-order valence-corrected chi connectivity index (χ2v) is 8.11. The molecule has 0 saturated heterocycles. The minimum atomic E-state index is 0.0501. The van der Waals surface area contributed by atoms with E-state index in [2.05, 4.69) is 69.1 Å². The highest BCUT2D eigenvalue weighted by atomic mass is 32.2. The molecular formula is C23H17N5S. The van der Waals surface area contributed by atoms with E-state index in [0.717, 1.165) is 38.9 Å². The van der Waals surface area contributed by atoms with Gasteiger partial charge < -0.3 is 10.6 Å². The molecule has 0 saturated carbocycles. The number of thioether (sulfide) groups is 1. The first-order valence-electron chi connectivity index (χ1n) is 9.52. The van der Waals surface area contributed by atoms with E-state index in [-0.39, 0.29) is 5.37 Å². The quantitative estimate of drug-likeness (QED) is 0.496. The summed E-state index contributed by atoms with van der Waals surface area (Å²) in [5.41, 5.74) is 6.41. The Balaban J connectivity index is 1.43. The van der Waals surface area contributed by atoms with Crippen molar-refractivity contribution in [1.29, 1.82) is 0 Å². The third kappa shape index (κ3) is 2.76. The minimum Gasteiger partial charge on any atom is -0.366 e. The van der Waals surface area contributed by atoms with Crippen LogP contribution in [0.25, 0.3) is 10.8 Å². The molecular weight excluding hydrogens is 378 g/mol. The Morgan fingerprint density at radius 3 is 2.83 bits per heavy atom. The molecule has 6 rings (SSSR count). The number of benzene rings is 2. The fourth-order valence-corrected chi connectivity index (χ4v) is 4.98. The molecule has 5 nitrogen and oxygen atoms in total. The molecule has 0 spiro atoms. The fourth-order valence-electron chi connectivity index (χ4n) is 3.94. The zero-order valence-electron chi connectivity index (χ0n) is 15.5. The van der Waals surface area contributed by atoms with Gasteiger partial charge in [0.1, 0.15) is 17.1 Å². The zero-order chi connectivity index (χ0) is 19.2. The number of nitrogens with zero attached hydrogens (tertiary/aromatic N) is 3. The number of rotatable bonds is 2. The van der Waals surface area contributed by atoms with Crippen molar-refractivity contribution in [1.82, 2.24) is 9.97 Å². The lowest BCUT2D eigenvalue weighted by atomic mass is 9.94.